The van der Waals surface area contributed by atoms with Gasteiger partial charge >= 0.3 is 12.2 Å². The molecule has 0 atom stereocenters. The summed E-state index contributed by atoms with van der Waals surface area (Å²) in [6.45, 7) is 2.10. The summed E-state index contributed by atoms with van der Waals surface area (Å²) in [7, 11) is 0. The van der Waals surface area contributed by atoms with E-state index in [1.54, 1.807) is 6.92 Å². The van der Waals surface area contributed by atoms with Crippen LogP contribution >= 0.6 is 15.9 Å². The van der Waals surface area contributed by atoms with Crippen LogP contribution in [0, 0.1) is 0 Å². The van der Waals surface area contributed by atoms with Gasteiger partial charge in [0.1, 0.15) is 0 Å². The van der Waals surface area contributed by atoms with Gasteiger partial charge in [-0.15, -0.1) is 0 Å². The molecule has 0 aromatic heterocycles. The van der Waals surface area contributed by atoms with Gasteiger partial charge in [0.25, 0.3) is 0 Å². The van der Waals surface area contributed by atoms with E-state index < -0.39 is 17.8 Å². The van der Waals surface area contributed by atoms with E-state index in [9.17, 15) is 18.0 Å². The maximum Gasteiger partial charge on any atom is 0.416 e. The molecule has 1 aromatic carbocycles. The fraction of sp³-hybridized carbons (Fsp3) is 0.300. The van der Waals surface area contributed by atoms with Gasteiger partial charge in [-0.25, -0.2) is 4.79 Å². The van der Waals surface area contributed by atoms with E-state index in [2.05, 4.69) is 26.6 Å². The number of hydrogen-bond donors (Lipinski definition) is 2. The normalized spacial score (nSPS) is 11.1. The summed E-state index contributed by atoms with van der Waals surface area (Å²) in [5.74, 6) is 0. The van der Waals surface area contributed by atoms with Crippen LogP contribution in [-0.2, 0) is 6.18 Å². The lowest BCUT2D eigenvalue weighted by Gasteiger charge is -2.11. The van der Waals surface area contributed by atoms with Gasteiger partial charge in [0, 0.05) is 16.7 Å². The molecule has 0 aliphatic carbocycles. The fourth-order valence-corrected chi connectivity index (χ4v) is 1.65. The van der Waals surface area contributed by atoms with Crippen LogP contribution < -0.4 is 10.6 Å². The van der Waals surface area contributed by atoms with Crippen molar-refractivity contribution in [2.24, 2.45) is 0 Å². The summed E-state index contributed by atoms with van der Waals surface area (Å²) < 4.78 is 37.7. The Labute approximate surface area is 105 Å². The molecule has 1 aromatic rings. The Morgan fingerprint density at radius 2 is 2.00 bits per heavy atom. The molecular weight excluding hydrogens is 301 g/mol. The minimum atomic E-state index is -4.44. The Hall–Kier alpha value is -1.24. The van der Waals surface area contributed by atoms with Crippen LogP contribution in [0.4, 0.5) is 23.7 Å². The second kappa shape index (κ2) is 5.39. The second-order valence-corrected chi connectivity index (χ2v) is 4.13. The number of nitrogens with one attached hydrogen (secondary N) is 2. The van der Waals surface area contributed by atoms with E-state index in [1.807, 2.05) is 0 Å². The number of carbonyl (C=O) groups is 1. The zero-order valence-electron chi connectivity index (χ0n) is 8.86. The van der Waals surface area contributed by atoms with Crippen molar-refractivity contribution in [1.82, 2.24) is 5.32 Å². The molecule has 0 fully saturated rings. The van der Waals surface area contributed by atoms with E-state index in [0.29, 0.717) is 6.54 Å². The predicted octanol–water partition coefficient (Wildman–Crippen LogP) is 3.61. The van der Waals surface area contributed by atoms with Crippen molar-refractivity contribution >= 4 is 27.6 Å². The van der Waals surface area contributed by atoms with Crippen LogP contribution in [0.1, 0.15) is 12.5 Å². The average molecular weight is 311 g/mol. The van der Waals surface area contributed by atoms with Gasteiger partial charge in [0.05, 0.1) is 5.56 Å². The predicted molar refractivity (Wildman–Crippen MR) is 61.8 cm³/mol. The maximum absolute atomic E-state index is 12.5. The van der Waals surface area contributed by atoms with Crippen molar-refractivity contribution in [1.29, 1.82) is 0 Å². The Bertz CT molecular complexity index is 421. The first-order valence-corrected chi connectivity index (χ1v) is 5.55. The van der Waals surface area contributed by atoms with E-state index in [-0.39, 0.29) is 10.2 Å². The lowest BCUT2D eigenvalue weighted by molar-refractivity contribution is -0.137. The highest BCUT2D eigenvalue weighted by Crippen LogP contribution is 2.33. The molecular formula is C10H10BrF3N2O. The van der Waals surface area contributed by atoms with Crippen molar-refractivity contribution in [2.45, 2.75) is 13.1 Å². The number of halogens is 4. The highest BCUT2D eigenvalue weighted by molar-refractivity contribution is 9.10. The van der Waals surface area contributed by atoms with Crippen LogP contribution in [0.2, 0.25) is 0 Å². The standard InChI is InChI=1S/C10H10BrF3N2O/c1-2-15-9(17)16-8-4-6(10(12,13)14)3-7(11)5-8/h3-5H,2H2,1H3,(H2,15,16,17). The molecule has 0 bridgehead atoms. The van der Waals surface area contributed by atoms with Crippen molar-refractivity contribution in [3.63, 3.8) is 0 Å². The highest BCUT2D eigenvalue weighted by Gasteiger charge is 2.31. The summed E-state index contributed by atoms with van der Waals surface area (Å²) in [5.41, 5.74) is -0.740. The lowest BCUT2D eigenvalue weighted by atomic mass is 10.2. The number of rotatable bonds is 2. The number of amides is 2. The van der Waals surface area contributed by atoms with E-state index in [0.717, 1.165) is 12.1 Å². The molecule has 7 heteroatoms. The zero-order chi connectivity index (χ0) is 13.1. The minimum absolute atomic E-state index is 0.0812. The molecule has 2 amide bonds. The quantitative estimate of drug-likeness (QED) is 0.861. The Morgan fingerprint density at radius 3 is 2.53 bits per heavy atom. The number of hydrogen-bond acceptors (Lipinski definition) is 1. The molecule has 0 spiro atoms. The van der Waals surface area contributed by atoms with Gasteiger partial charge in [-0.2, -0.15) is 13.2 Å². The van der Waals surface area contributed by atoms with Gasteiger partial charge < -0.3 is 10.6 Å². The number of carbonyl (C=O) groups excluding carboxylic acids is 1. The third kappa shape index (κ3) is 4.26. The summed E-state index contributed by atoms with van der Waals surface area (Å²) in [5, 5.41) is 4.74. The van der Waals surface area contributed by atoms with Crippen LogP contribution in [0.5, 0.6) is 0 Å². The third-order valence-corrected chi connectivity index (χ3v) is 2.28. The van der Waals surface area contributed by atoms with Gasteiger partial charge in [-0.05, 0) is 25.1 Å². The molecule has 0 aliphatic rings. The highest BCUT2D eigenvalue weighted by atomic mass is 79.9. The molecule has 0 saturated carbocycles. The van der Waals surface area contributed by atoms with Crippen molar-refractivity contribution in [3.8, 4) is 0 Å². The summed E-state index contributed by atoms with van der Waals surface area (Å²) in [4.78, 5) is 11.2. The maximum atomic E-state index is 12.5. The van der Waals surface area contributed by atoms with Gasteiger partial charge in [0.15, 0.2) is 0 Å². The van der Waals surface area contributed by atoms with Crippen LogP contribution in [0.15, 0.2) is 22.7 Å². The Morgan fingerprint density at radius 1 is 1.35 bits per heavy atom. The van der Waals surface area contributed by atoms with Crippen LogP contribution in [-0.4, -0.2) is 12.6 Å². The van der Waals surface area contributed by atoms with Crippen molar-refractivity contribution < 1.29 is 18.0 Å². The molecule has 2 N–H and O–H groups in total. The van der Waals surface area contributed by atoms with E-state index in [1.165, 1.54) is 6.07 Å². The molecule has 1 rings (SSSR count). The molecule has 0 saturated heterocycles. The first-order valence-electron chi connectivity index (χ1n) is 4.75. The number of benzene rings is 1. The smallest absolute Gasteiger partial charge is 0.338 e. The van der Waals surface area contributed by atoms with Crippen molar-refractivity contribution in [3.05, 3.63) is 28.2 Å². The largest absolute Gasteiger partial charge is 0.416 e. The monoisotopic (exact) mass is 310 g/mol. The minimum Gasteiger partial charge on any atom is -0.338 e. The lowest BCUT2D eigenvalue weighted by Crippen LogP contribution is -2.28. The average Bonchev–Trinajstić information content (AvgIpc) is 2.15. The summed E-state index contributed by atoms with van der Waals surface area (Å²) in [6, 6.07) is 2.67. The Balaban J connectivity index is 2.94. The number of alkyl halides is 3. The molecule has 94 valence electrons. The molecule has 0 radical (unpaired) electrons. The zero-order valence-corrected chi connectivity index (χ0v) is 10.4. The Kier molecular flexibility index (Phi) is 4.39. The first-order chi connectivity index (χ1) is 7.82. The summed E-state index contributed by atoms with van der Waals surface area (Å²) >= 11 is 2.96. The molecule has 3 nitrogen and oxygen atoms in total. The van der Waals surface area contributed by atoms with Gasteiger partial charge in [-0.1, -0.05) is 15.9 Å². The summed E-state index contributed by atoms with van der Waals surface area (Å²) in [6.07, 6.45) is -4.44. The number of anilines is 1. The van der Waals surface area contributed by atoms with Gasteiger partial charge in [0.2, 0.25) is 0 Å². The number of urea groups is 1. The van der Waals surface area contributed by atoms with E-state index >= 15 is 0 Å². The molecule has 0 aliphatic heterocycles. The van der Waals surface area contributed by atoms with Crippen molar-refractivity contribution in [2.75, 3.05) is 11.9 Å². The fourth-order valence-electron chi connectivity index (χ4n) is 1.16. The third-order valence-electron chi connectivity index (χ3n) is 1.82. The first kappa shape index (κ1) is 13.8. The van der Waals surface area contributed by atoms with Crippen LogP contribution in [0.3, 0.4) is 0 Å². The topological polar surface area (TPSA) is 41.1 Å². The van der Waals surface area contributed by atoms with Gasteiger partial charge in [-0.3, -0.25) is 0 Å². The molecule has 0 unspecified atom stereocenters. The van der Waals surface area contributed by atoms with E-state index in [4.69, 9.17) is 0 Å². The molecule has 0 heterocycles. The molecule has 17 heavy (non-hydrogen) atoms. The second-order valence-electron chi connectivity index (χ2n) is 3.21. The van der Waals surface area contributed by atoms with Crippen LogP contribution in [0.25, 0.3) is 0 Å². The SMILES string of the molecule is CCNC(=O)Nc1cc(Br)cc(C(F)(F)F)c1.